The standard InChI is InChI=1S/C62H76FN10O8S/c1-37(2)46-9-7-8-10-48(46)53-36-71(35-40-13-17-47(39-11-12-39)59(67-40)79-5)23-24-72(53)44-30-62(31-44)28-42-14-15-43(29-62)73(42)41-16-18-49(54(25-41)81-55-27-50-51(63)34-66-56(50)68-60(55)80-6)58(74)69-82(77,78)45-26-52(70(4)76)57(65-33-45)64-32-38-19-21-61(3,75)22-20-38/h7-10,13,16-18,25-27,33-34,37-39,42-44,53,75H,11-12,14-15,19-24,28-32,35-36H2,1-6H3,(H,64,65)(H,66,68)(H,69,74)/q-1/t38?,42?,43?,44?,53-,61?,62?/m0/s1. The maximum atomic E-state index is 15.1. The first-order valence-electron chi connectivity index (χ1n) is 29.2. The van der Waals surface area contributed by atoms with Crippen LogP contribution in [0.1, 0.15) is 148 Å². The minimum absolute atomic E-state index is 0.0166. The summed E-state index contributed by atoms with van der Waals surface area (Å²) in [5, 5.41) is 27.1. The van der Waals surface area contributed by atoms with Crippen molar-refractivity contribution in [1.29, 1.82) is 0 Å². The van der Waals surface area contributed by atoms with Gasteiger partial charge in [-0.2, -0.15) is 4.98 Å². The number of methoxy groups -OCH3 is 2. The molecule has 4 aromatic heterocycles. The van der Waals surface area contributed by atoms with E-state index in [1.807, 2.05) is 13.0 Å². The number of nitrogens with one attached hydrogen (secondary N) is 3. The highest BCUT2D eigenvalue weighted by Crippen LogP contribution is 2.59. The lowest BCUT2D eigenvalue weighted by Crippen LogP contribution is -2.61. The summed E-state index contributed by atoms with van der Waals surface area (Å²) in [6, 6.07) is 22.3. The van der Waals surface area contributed by atoms with Crippen molar-refractivity contribution in [2.75, 3.05) is 62.7 Å². The number of halogens is 1. The van der Waals surface area contributed by atoms with Crippen LogP contribution in [0.4, 0.5) is 21.6 Å². The lowest BCUT2D eigenvalue weighted by Gasteiger charge is -2.60. The Labute approximate surface area is 479 Å². The van der Waals surface area contributed by atoms with Gasteiger partial charge in [-0.1, -0.05) is 44.2 Å². The third-order valence-electron chi connectivity index (χ3n) is 18.7. The van der Waals surface area contributed by atoms with Gasteiger partial charge in [0.1, 0.15) is 27.9 Å². The summed E-state index contributed by atoms with van der Waals surface area (Å²) in [5.41, 5.74) is 5.48. The van der Waals surface area contributed by atoms with Crippen LogP contribution in [0.15, 0.2) is 84.0 Å². The monoisotopic (exact) mass is 1140 g/mol. The predicted molar refractivity (Wildman–Crippen MR) is 313 cm³/mol. The zero-order valence-corrected chi connectivity index (χ0v) is 48.6. The second-order valence-electron chi connectivity index (χ2n) is 24.8. The maximum Gasteiger partial charge on any atom is 0.268 e. The quantitative estimate of drug-likeness (QED) is 0.0589. The van der Waals surface area contributed by atoms with Crippen molar-refractivity contribution in [3.63, 3.8) is 0 Å². The number of pyridine rings is 3. The summed E-state index contributed by atoms with van der Waals surface area (Å²) >= 11 is 0. The van der Waals surface area contributed by atoms with Crippen molar-refractivity contribution >= 4 is 44.2 Å². The minimum Gasteiger partial charge on any atom is -0.758 e. The third kappa shape index (κ3) is 11.2. The number of hydrogen-bond acceptors (Lipinski definition) is 16. The number of aliphatic hydroxyl groups is 1. The van der Waals surface area contributed by atoms with Crippen LogP contribution < -0.4 is 34.2 Å². The molecule has 6 aliphatic rings. The Morgan fingerprint density at radius 1 is 0.902 bits per heavy atom. The lowest BCUT2D eigenvalue weighted by atomic mass is 9.58. The zero-order valence-electron chi connectivity index (χ0n) is 47.8. The van der Waals surface area contributed by atoms with Crippen LogP contribution in [0, 0.1) is 22.4 Å². The van der Waals surface area contributed by atoms with Crippen LogP contribution >= 0.6 is 0 Å². The summed E-state index contributed by atoms with van der Waals surface area (Å²) in [4.78, 5) is 38.5. The van der Waals surface area contributed by atoms with E-state index in [0.29, 0.717) is 42.3 Å². The Balaban J connectivity index is 0.778. The number of ether oxygens (including phenoxy) is 3. The highest BCUT2D eigenvalue weighted by molar-refractivity contribution is 7.90. The fraction of sp³-hybridized carbons (Fsp3) is 0.516. The molecule has 12 rings (SSSR count). The number of nitrogens with zero attached hydrogens (tertiary/aromatic N) is 7. The van der Waals surface area contributed by atoms with Crippen LogP contribution in [0.2, 0.25) is 0 Å². The number of hydroxylamine groups is 1. The second-order valence-corrected chi connectivity index (χ2v) is 26.5. The van der Waals surface area contributed by atoms with Crippen LogP contribution in [-0.4, -0.2) is 120 Å². The van der Waals surface area contributed by atoms with Gasteiger partial charge in [0.15, 0.2) is 5.75 Å². The topological polar surface area (TPSA) is 214 Å². The molecule has 3 saturated heterocycles. The molecule has 3 aliphatic carbocycles. The van der Waals surface area contributed by atoms with E-state index in [9.17, 15) is 23.5 Å². The van der Waals surface area contributed by atoms with Gasteiger partial charge in [0.25, 0.3) is 21.8 Å². The van der Waals surface area contributed by atoms with Crippen molar-refractivity contribution in [3.8, 4) is 23.3 Å². The Hall–Kier alpha value is -6.58. The van der Waals surface area contributed by atoms with Crippen molar-refractivity contribution in [2.45, 2.75) is 151 Å². The molecule has 2 unspecified atom stereocenters. The molecule has 18 nitrogen and oxygen atoms in total. The van der Waals surface area contributed by atoms with E-state index >= 15 is 4.39 Å². The highest BCUT2D eigenvalue weighted by atomic mass is 32.2. The van der Waals surface area contributed by atoms with Crippen LogP contribution in [0.25, 0.3) is 11.0 Å². The molecule has 436 valence electrons. The van der Waals surface area contributed by atoms with Gasteiger partial charge >= 0.3 is 0 Å². The number of amides is 1. The molecule has 3 saturated carbocycles. The van der Waals surface area contributed by atoms with Crippen LogP contribution in [-0.2, 0) is 16.6 Å². The zero-order chi connectivity index (χ0) is 57.2. The van der Waals surface area contributed by atoms with Gasteiger partial charge in [0, 0.05) is 92.7 Å². The summed E-state index contributed by atoms with van der Waals surface area (Å²) in [6.07, 6.45) is 13.9. The van der Waals surface area contributed by atoms with Gasteiger partial charge in [-0.25, -0.2) is 27.5 Å². The van der Waals surface area contributed by atoms with Gasteiger partial charge in [-0.05, 0) is 150 Å². The maximum absolute atomic E-state index is 15.1. The summed E-state index contributed by atoms with van der Waals surface area (Å²) in [7, 11) is -0.236. The molecule has 82 heavy (non-hydrogen) atoms. The number of aromatic nitrogens is 4. The van der Waals surface area contributed by atoms with E-state index in [0.717, 1.165) is 101 Å². The molecule has 0 radical (unpaired) electrons. The van der Waals surface area contributed by atoms with Gasteiger partial charge < -0.3 is 44.8 Å². The van der Waals surface area contributed by atoms with Crippen molar-refractivity contribution in [2.24, 2.45) is 11.3 Å². The number of rotatable bonds is 18. The number of carbonyl (C=O) groups excluding carboxylic acids is 1. The molecule has 20 heteroatoms. The summed E-state index contributed by atoms with van der Waals surface area (Å²) < 4.78 is 63.4. The van der Waals surface area contributed by atoms with Crippen LogP contribution in [0.5, 0.6) is 23.3 Å². The second kappa shape index (κ2) is 22.2. The number of carbonyl (C=O) groups is 1. The number of piperidine rings is 1. The molecule has 7 heterocycles. The molecule has 2 aromatic carbocycles. The van der Waals surface area contributed by atoms with Gasteiger partial charge in [0.05, 0.1) is 42.2 Å². The average Bonchev–Trinajstić information content (AvgIpc) is 4.39. The van der Waals surface area contributed by atoms with Crippen molar-refractivity contribution < 1.29 is 36.9 Å². The van der Waals surface area contributed by atoms with Gasteiger partial charge in [-0.15, -0.1) is 0 Å². The Morgan fingerprint density at radius 3 is 2.34 bits per heavy atom. The molecular formula is C62H76FN10O8S-. The van der Waals surface area contributed by atoms with E-state index in [1.54, 1.807) is 19.2 Å². The smallest absolute Gasteiger partial charge is 0.268 e. The van der Waals surface area contributed by atoms with E-state index < -0.39 is 32.2 Å². The number of fused-ring (bicyclic) bond motifs is 3. The lowest BCUT2D eigenvalue weighted by molar-refractivity contribution is -0.0689. The van der Waals surface area contributed by atoms with E-state index in [2.05, 4.69) is 89.9 Å². The first kappa shape index (κ1) is 55.9. The molecule has 6 aromatic rings. The van der Waals surface area contributed by atoms with Crippen molar-refractivity contribution in [1.82, 2.24) is 34.5 Å². The molecule has 2 bridgehead atoms. The number of benzene rings is 2. The largest absolute Gasteiger partial charge is 0.758 e. The van der Waals surface area contributed by atoms with E-state index in [4.69, 9.17) is 19.2 Å². The molecule has 3 atom stereocenters. The molecule has 1 amide bonds. The number of hydrogen-bond donors (Lipinski definition) is 4. The summed E-state index contributed by atoms with van der Waals surface area (Å²) in [6.45, 7) is 10.5. The normalized spacial score (nSPS) is 25.8. The number of H-pyrrole nitrogens is 1. The number of sulfonamides is 1. The Kier molecular flexibility index (Phi) is 15.1. The van der Waals surface area contributed by atoms with Crippen LogP contribution in [0.3, 0.4) is 0 Å². The molecule has 1 spiro atoms. The molecular weight excluding hydrogens is 1060 g/mol. The van der Waals surface area contributed by atoms with E-state index in [-0.39, 0.29) is 74.9 Å². The highest BCUT2D eigenvalue weighted by Gasteiger charge is 2.56. The fourth-order valence-electron chi connectivity index (χ4n) is 14.3. The molecule has 6 fully saturated rings. The molecule has 4 N–H and O–H groups in total. The van der Waals surface area contributed by atoms with Crippen molar-refractivity contribution in [3.05, 3.63) is 118 Å². The SMILES string of the molecule is COc1nc2[nH]cc(F)c2cc1Oc1cc(N2C3CCC2CC2(C3)CC(N3CCN(Cc4ccc(C5CC5)c(OC)n4)C[C@H]3c3ccccc3C(C)C)C2)ccc1C(=O)NS(=O)(=O)c1cnc(NCC2CCC(C)(O)CC2)c(N(C)[O-])c1. The summed E-state index contributed by atoms with van der Waals surface area (Å²) in [5.74, 6) is 0.653. The first-order valence-corrected chi connectivity index (χ1v) is 30.7. The average molecular weight is 1140 g/mol. The first-order chi connectivity index (χ1) is 39.4. The number of piperazine rings is 1. The van der Waals surface area contributed by atoms with Gasteiger partial charge in [-0.3, -0.25) is 14.6 Å². The Morgan fingerprint density at radius 2 is 1.63 bits per heavy atom. The number of aromatic amines is 1. The molecule has 3 aliphatic heterocycles. The third-order valence-corrected chi connectivity index (χ3v) is 20.0. The predicted octanol–water partition coefficient (Wildman–Crippen LogP) is 10.5. The van der Waals surface area contributed by atoms with Gasteiger partial charge in [0.2, 0.25) is 5.88 Å². The fourth-order valence-corrected chi connectivity index (χ4v) is 15.2. The minimum atomic E-state index is -4.62. The van der Waals surface area contributed by atoms with E-state index in [1.165, 1.54) is 62.0 Å². The Bertz CT molecular complexity index is 3450. The number of anilines is 3.